The van der Waals surface area contributed by atoms with E-state index in [-0.39, 0.29) is 31.0 Å². The molecule has 0 saturated carbocycles. The second-order valence-electron chi connectivity index (χ2n) is 5.38. The minimum absolute atomic E-state index is 0. The molecule has 8 heteroatoms. The molecular weight excluding hydrogens is 442 g/mol. The zero-order valence-corrected chi connectivity index (χ0v) is 19.1. The summed E-state index contributed by atoms with van der Waals surface area (Å²) < 4.78 is 9.69. The number of pyridine rings is 2. The van der Waals surface area contributed by atoms with Crippen molar-refractivity contribution in [2.75, 3.05) is 6.16 Å². The van der Waals surface area contributed by atoms with Gasteiger partial charge in [-0.25, -0.2) is 0 Å². The van der Waals surface area contributed by atoms with Crippen LogP contribution in [0.15, 0.2) is 110 Å². The summed E-state index contributed by atoms with van der Waals surface area (Å²) in [5.41, 5.74) is 0. The first-order valence-electron chi connectivity index (χ1n) is 8.71. The molecule has 0 aliphatic heterocycles. The van der Waals surface area contributed by atoms with Crippen LogP contribution in [0.3, 0.4) is 0 Å². The van der Waals surface area contributed by atoms with Crippen molar-refractivity contribution in [1.29, 1.82) is 0 Å². The van der Waals surface area contributed by atoms with E-state index in [1.165, 1.54) is 17.7 Å². The Morgan fingerprint density at radius 3 is 1.03 bits per heavy atom. The SMILES string of the molecule is CCP(=O)(O)O.Cl.Cl.c1ccc2ccccc2c1.c1ccncc1.c1ccncc1. The molecule has 0 bridgehead atoms. The summed E-state index contributed by atoms with van der Waals surface area (Å²) in [6.45, 7) is 1.45. The van der Waals surface area contributed by atoms with E-state index in [0.717, 1.165) is 0 Å². The number of aromatic nitrogens is 2. The Hall–Kier alpha value is -2.27. The maximum Gasteiger partial charge on any atom is 0.325 e. The van der Waals surface area contributed by atoms with Gasteiger partial charge < -0.3 is 9.79 Å². The number of hydrogen-bond acceptors (Lipinski definition) is 3. The minimum Gasteiger partial charge on any atom is -0.324 e. The number of fused-ring (bicyclic) bond motifs is 1. The smallest absolute Gasteiger partial charge is 0.324 e. The molecule has 30 heavy (non-hydrogen) atoms. The topological polar surface area (TPSA) is 83.3 Å². The number of halogens is 2. The van der Waals surface area contributed by atoms with Gasteiger partial charge in [-0.3, -0.25) is 14.5 Å². The summed E-state index contributed by atoms with van der Waals surface area (Å²) in [4.78, 5) is 23.4. The molecule has 2 heterocycles. The van der Waals surface area contributed by atoms with E-state index >= 15 is 0 Å². The van der Waals surface area contributed by atoms with Gasteiger partial charge in [-0.15, -0.1) is 24.8 Å². The molecule has 2 aromatic heterocycles. The lowest BCUT2D eigenvalue weighted by Crippen LogP contribution is -1.76. The molecular formula is C22H27Cl2N2O3P. The molecule has 2 N–H and O–H groups in total. The fraction of sp³-hybridized carbons (Fsp3) is 0.0909. The van der Waals surface area contributed by atoms with Crippen molar-refractivity contribution >= 4 is 43.2 Å². The number of nitrogens with zero attached hydrogens (tertiary/aromatic N) is 2. The summed E-state index contributed by atoms with van der Waals surface area (Å²) in [6.07, 6.45) is 6.94. The molecule has 0 atom stereocenters. The van der Waals surface area contributed by atoms with E-state index in [1.54, 1.807) is 24.8 Å². The van der Waals surface area contributed by atoms with Crippen LogP contribution >= 0.6 is 32.4 Å². The van der Waals surface area contributed by atoms with Gasteiger partial charge in [0.25, 0.3) is 0 Å². The lowest BCUT2D eigenvalue weighted by Gasteiger charge is -1.92. The molecule has 0 aliphatic rings. The van der Waals surface area contributed by atoms with Gasteiger partial charge >= 0.3 is 7.60 Å². The monoisotopic (exact) mass is 468 g/mol. The highest BCUT2D eigenvalue weighted by Gasteiger charge is 2.05. The van der Waals surface area contributed by atoms with Gasteiger partial charge in [-0.1, -0.05) is 67.6 Å². The Kier molecular flexibility index (Phi) is 18.7. The molecule has 0 aliphatic carbocycles. The van der Waals surface area contributed by atoms with Gasteiger partial charge in [-0.2, -0.15) is 0 Å². The van der Waals surface area contributed by atoms with E-state index in [9.17, 15) is 4.57 Å². The molecule has 0 spiro atoms. The lowest BCUT2D eigenvalue weighted by atomic mass is 10.1. The number of benzene rings is 2. The van der Waals surface area contributed by atoms with Crippen molar-refractivity contribution in [3.05, 3.63) is 110 Å². The predicted molar refractivity (Wildman–Crippen MR) is 130 cm³/mol. The third-order valence-electron chi connectivity index (χ3n) is 3.20. The van der Waals surface area contributed by atoms with E-state index in [1.807, 2.05) is 36.4 Å². The average molecular weight is 469 g/mol. The van der Waals surface area contributed by atoms with Crippen LogP contribution in [0.4, 0.5) is 0 Å². The fourth-order valence-corrected chi connectivity index (χ4v) is 1.76. The second-order valence-corrected chi connectivity index (χ2v) is 7.34. The number of rotatable bonds is 1. The molecule has 0 radical (unpaired) electrons. The molecule has 0 saturated heterocycles. The molecule has 162 valence electrons. The van der Waals surface area contributed by atoms with Crippen LogP contribution < -0.4 is 0 Å². The van der Waals surface area contributed by atoms with Crippen molar-refractivity contribution in [1.82, 2.24) is 9.97 Å². The van der Waals surface area contributed by atoms with Crippen molar-refractivity contribution < 1.29 is 14.4 Å². The summed E-state index contributed by atoms with van der Waals surface area (Å²) in [7, 11) is -3.65. The van der Waals surface area contributed by atoms with Crippen LogP contribution in [-0.2, 0) is 4.57 Å². The normalized spacial score (nSPS) is 8.90. The van der Waals surface area contributed by atoms with Gasteiger partial charge in [0, 0.05) is 30.9 Å². The Balaban J connectivity index is 0. The zero-order valence-electron chi connectivity index (χ0n) is 16.6. The van der Waals surface area contributed by atoms with Crippen molar-refractivity contribution in [2.45, 2.75) is 6.92 Å². The molecule has 0 unspecified atom stereocenters. The van der Waals surface area contributed by atoms with Crippen molar-refractivity contribution in [3.63, 3.8) is 0 Å². The fourth-order valence-electron chi connectivity index (χ4n) is 1.76. The summed E-state index contributed by atoms with van der Waals surface area (Å²) >= 11 is 0. The van der Waals surface area contributed by atoms with E-state index in [0.29, 0.717) is 0 Å². The van der Waals surface area contributed by atoms with Crippen molar-refractivity contribution in [2.24, 2.45) is 0 Å². The first-order chi connectivity index (χ1) is 13.5. The Morgan fingerprint density at radius 2 is 0.900 bits per heavy atom. The Labute approximate surface area is 190 Å². The molecule has 5 nitrogen and oxygen atoms in total. The molecule has 2 aromatic carbocycles. The summed E-state index contributed by atoms with van der Waals surface area (Å²) in [5.74, 6) is 0. The predicted octanol–water partition coefficient (Wildman–Crippen LogP) is 6.03. The molecule has 4 rings (SSSR count). The van der Waals surface area contributed by atoms with E-state index in [2.05, 4.69) is 58.5 Å². The molecule has 0 amide bonds. The first-order valence-corrected chi connectivity index (χ1v) is 10.5. The van der Waals surface area contributed by atoms with Crippen LogP contribution in [0.25, 0.3) is 10.8 Å². The van der Waals surface area contributed by atoms with Crippen LogP contribution in [-0.4, -0.2) is 25.9 Å². The van der Waals surface area contributed by atoms with Crippen LogP contribution in [0.1, 0.15) is 6.92 Å². The third-order valence-corrected chi connectivity index (χ3v) is 4.03. The van der Waals surface area contributed by atoms with Gasteiger partial charge in [0.2, 0.25) is 0 Å². The van der Waals surface area contributed by atoms with Gasteiger partial charge in [-0.05, 0) is 35.0 Å². The highest BCUT2D eigenvalue weighted by Crippen LogP contribution is 2.32. The van der Waals surface area contributed by atoms with E-state index in [4.69, 9.17) is 9.79 Å². The van der Waals surface area contributed by atoms with Crippen LogP contribution in [0, 0.1) is 0 Å². The molecule has 4 aromatic rings. The van der Waals surface area contributed by atoms with Crippen molar-refractivity contribution in [3.8, 4) is 0 Å². The average Bonchev–Trinajstić information content (AvgIpc) is 2.77. The highest BCUT2D eigenvalue weighted by atomic mass is 35.5. The van der Waals surface area contributed by atoms with Crippen LogP contribution in [0.2, 0.25) is 0 Å². The quantitative estimate of drug-likeness (QED) is 0.333. The van der Waals surface area contributed by atoms with Gasteiger partial charge in [0.15, 0.2) is 0 Å². The second kappa shape index (κ2) is 18.7. The third kappa shape index (κ3) is 16.7. The standard InChI is InChI=1S/C10H8.2C5H5N.C2H7O3P.2ClH/c1-2-6-10-8-4-3-7-9(10)5-1;2*1-2-4-6-5-3-1;1-2-6(3,4)5;;/h1-8H;2*1-5H;2H2,1H3,(H2,3,4,5);2*1H. The highest BCUT2D eigenvalue weighted by molar-refractivity contribution is 7.51. The van der Waals surface area contributed by atoms with Crippen LogP contribution in [0.5, 0.6) is 0 Å². The zero-order chi connectivity index (χ0) is 20.5. The van der Waals surface area contributed by atoms with Gasteiger partial charge in [0.05, 0.1) is 0 Å². The lowest BCUT2D eigenvalue weighted by molar-refractivity contribution is 0.375. The maximum atomic E-state index is 9.69. The van der Waals surface area contributed by atoms with E-state index < -0.39 is 7.60 Å². The summed E-state index contributed by atoms with van der Waals surface area (Å²) in [6, 6.07) is 28.1. The summed E-state index contributed by atoms with van der Waals surface area (Å²) in [5, 5.41) is 2.62. The Morgan fingerprint density at radius 1 is 0.633 bits per heavy atom. The largest absolute Gasteiger partial charge is 0.325 e. The maximum absolute atomic E-state index is 9.69. The minimum atomic E-state index is -3.65. The van der Waals surface area contributed by atoms with Gasteiger partial charge in [0.1, 0.15) is 0 Å². The Bertz CT molecular complexity index is 776. The number of hydrogen-bond donors (Lipinski definition) is 2. The first kappa shape index (κ1) is 29.9. The molecule has 0 fully saturated rings.